The Bertz CT molecular complexity index is 409. The molecule has 2 aromatic heterocycles. The average Bonchev–Trinajstić information content (AvgIpc) is 2.75. The zero-order chi connectivity index (χ0) is 10.5. The summed E-state index contributed by atoms with van der Waals surface area (Å²) in [5.74, 6) is 0.795. The lowest BCUT2D eigenvalue weighted by atomic mass is 10.3. The third kappa shape index (κ3) is 2.19. The molecule has 0 aliphatic carbocycles. The van der Waals surface area contributed by atoms with Crippen LogP contribution in [0.25, 0.3) is 11.5 Å². The number of pyridine rings is 1. The van der Waals surface area contributed by atoms with E-state index in [1.165, 1.54) is 0 Å². The van der Waals surface area contributed by atoms with Crippen molar-refractivity contribution in [2.24, 2.45) is 5.73 Å². The van der Waals surface area contributed by atoms with E-state index in [1.54, 1.807) is 12.5 Å². The minimum absolute atomic E-state index is 0.667. The number of rotatable bonds is 4. The van der Waals surface area contributed by atoms with Crippen LogP contribution >= 0.6 is 0 Å². The number of hydrogen-bond acceptors (Lipinski definition) is 4. The second-order valence-electron chi connectivity index (χ2n) is 3.21. The van der Waals surface area contributed by atoms with Gasteiger partial charge in [-0.3, -0.25) is 4.98 Å². The fourth-order valence-electron chi connectivity index (χ4n) is 1.37. The highest BCUT2D eigenvalue weighted by atomic mass is 15.3. The molecule has 0 atom stereocenters. The average molecular weight is 203 g/mol. The molecule has 2 aromatic rings. The van der Waals surface area contributed by atoms with Crippen molar-refractivity contribution in [1.82, 2.24) is 19.7 Å². The van der Waals surface area contributed by atoms with Gasteiger partial charge in [0, 0.05) is 12.7 Å². The van der Waals surface area contributed by atoms with E-state index < -0.39 is 0 Å². The van der Waals surface area contributed by atoms with E-state index in [0.29, 0.717) is 6.54 Å². The molecule has 0 spiro atoms. The van der Waals surface area contributed by atoms with E-state index >= 15 is 0 Å². The maximum absolute atomic E-state index is 5.46. The van der Waals surface area contributed by atoms with Crippen molar-refractivity contribution in [1.29, 1.82) is 0 Å². The lowest BCUT2D eigenvalue weighted by Gasteiger charge is -2.04. The van der Waals surface area contributed by atoms with Crippen LogP contribution in [-0.2, 0) is 6.54 Å². The number of nitrogens with zero attached hydrogens (tertiary/aromatic N) is 4. The van der Waals surface area contributed by atoms with Crippen LogP contribution in [0, 0.1) is 0 Å². The zero-order valence-electron chi connectivity index (χ0n) is 8.37. The van der Waals surface area contributed by atoms with Crippen LogP contribution in [0.5, 0.6) is 0 Å². The Morgan fingerprint density at radius 3 is 3.00 bits per heavy atom. The van der Waals surface area contributed by atoms with Gasteiger partial charge < -0.3 is 10.3 Å². The normalized spacial score (nSPS) is 10.5. The zero-order valence-corrected chi connectivity index (χ0v) is 8.37. The van der Waals surface area contributed by atoms with Gasteiger partial charge in [0.15, 0.2) is 5.82 Å². The maximum Gasteiger partial charge on any atom is 0.182 e. The first-order valence-electron chi connectivity index (χ1n) is 4.91. The van der Waals surface area contributed by atoms with E-state index in [2.05, 4.69) is 15.2 Å². The molecular weight excluding hydrogens is 190 g/mol. The molecule has 0 saturated heterocycles. The molecule has 5 nitrogen and oxygen atoms in total. The van der Waals surface area contributed by atoms with Gasteiger partial charge >= 0.3 is 0 Å². The van der Waals surface area contributed by atoms with Crippen LogP contribution in [0.3, 0.4) is 0 Å². The first-order chi connectivity index (χ1) is 7.42. The summed E-state index contributed by atoms with van der Waals surface area (Å²) >= 11 is 0. The predicted octanol–water partition coefficient (Wildman–Crippen LogP) is 0.689. The molecule has 5 heteroatoms. The summed E-state index contributed by atoms with van der Waals surface area (Å²) in [5, 5.41) is 7.93. The minimum Gasteiger partial charge on any atom is -0.330 e. The summed E-state index contributed by atoms with van der Waals surface area (Å²) in [6.07, 6.45) is 4.37. The Labute approximate surface area is 88.0 Å². The standard InChI is InChI=1S/C10H13N5/c11-5-3-7-15-8-13-14-10(15)9-4-1-2-6-12-9/h1-2,4,6,8H,3,5,7,11H2. The molecule has 2 rings (SSSR count). The SMILES string of the molecule is NCCCn1cnnc1-c1ccccn1. The van der Waals surface area contributed by atoms with E-state index in [-0.39, 0.29) is 0 Å². The summed E-state index contributed by atoms with van der Waals surface area (Å²) < 4.78 is 1.97. The Kier molecular flexibility index (Phi) is 3.04. The quantitative estimate of drug-likeness (QED) is 0.793. The highest BCUT2D eigenvalue weighted by molar-refractivity contribution is 5.48. The highest BCUT2D eigenvalue weighted by Crippen LogP contribution is 2.12. The predicted molar refractivity (Wildman–Crippen MR) is 56.9 cm³/mol. The van der Waals surface area contributed by atoms with Gasteiger partial charge in [0.2, 0.25) is 0 Å². The van der Waals surface area contributed by atoms with Gasteiger partial charge in [-0.1, -0.05) is 6.07 Å². The van der Waals surface area contributed by atoms with Gasteiger partial charge in [-0.2, -0.15) is 0 Å². The largest absolute Gasteiger partial charge is 0.330 e. The molecule has 0 radical (unpaired) electrons. The van der Waals surface area contributed by atoms with Crippen molar-refractivity contribution in [2.75, 3.05) is 6.54 Å². The molecule has 0 fully saturated rings. The van der Waals surface area contributed by atoms with E-state index in [0.717, 1.165) is 24.5 Å². The number of hydrogen-bond donors (Lipinski definition) is 1. The van der Waals surface area contributed by atoms with Crippen LogP contribution in [0.15, 0.2) is 30.7 Å². The maximum atomic E-state index is 5.46. The summed E-state index contributed by atoms with van der Waals surface area (Å²) in [4.78, 5) is 4.24. The number of aromatic nitrogens is 4. The topological polar surface area (TPSA) is 69.6 Å². The highest BCUT2D eigenvalue weighted by Gasteiger charge is 2.06. The molecule has 0 aliphatic heterocycles. The van der Waals surface area contributed by atoms with Crippen LogP contribution in [-0.4, -0.2) is 26.3 Å². The van der Waals surface area contributed by atoms with Gasteiger partial charge in [0.1, 0.15) is 12.0 Å². The molecule has 0 saturated carbocycles. The first-order valence-corrected chi connectivity index (χ1v) is 4.91. The summed E-state index contributed by atoms with van der Waals surface area (Å²) in [6, 6.07) is 5.73. The van der Waals surface area contributed by atoms with Crippen molar-refractivity contribution in [3.63, 3.8) is 0 Å². The summed E-state index contributed by atoms with van der Waals surface area (Å²) in [6.45, 7) is 1.50. The fourth-order valence-corrected chi connectivity index (χ4v) is 1.37. The molecule has 2 heterocycles. The fraction of sp³-hybridized carbons (Fsp3) is 0.300. The second-order valence-corrected chi connectivity index (χ2v) is 3.21. The molecular formula is C10H13N5. The van der Waals surface area contributed by atoms with Gasteiger partial charge in [-0.05, 0) is 25.1 Å². The number of aryl methyl sites for hydroxylation is 1. The van der Waals surface area contributed by atoms with E-state index in [9.17, 15) is 0 Å². The van der Waals surface area contributed by atoms with Crippen molar-refractivity contribution < 1.29 is 0 Å². The summed E-state index contributed by atoms with van der Waals surface area (Å²) in [7, 11) is 0. The minimum atomic E-state index is 0.667. The van der Waals surface area contributed by atoms with E-state index in [4.69, 9.17) is 5.73 Å². The van der Waals surface area contributed by atoms with Gasteiger partial charge in [-0.25, -0.2) is 0 Å². The molecule has 2 N–H and O–H groups in total. The Morgan fingerprint density at radius 1 is 1.33 bits per heavy atom. The monoisotopic (exact) mass is 203 g/mol. The Morgan fingerprint density at radius 2 is 2.27 bits per heavy atom. The molecule has 78 valence electrons. The van der Waals surface area contributed by atoms with Crippen molar-refractivity contribution in [2.45, 2.75) is 13.0 Å². The van der Waals surface area contributed by atoms with Crippen molar-refractivity contribution in [3.8, 4) is 11.5 Å². The van der Waals surface area contributed by atoms with Crippen LogP contribution in [0.1, 0.15) is 6.42 Å². The van der Waals surface area contributed by atoms with Crippen molar-refractivity contribution in [3.05, 3.63) is 30.7 Å². The Hall–Kier alpha value is -1.75. The van der Waals surface area contributed by atoms with Gasteiger partial charge in [0.05, 0.1) is 0 Å². The molecule has 0 unspecified atom stereocenters. The van der Waals surface area contributed by atoms with Gasteiger partial charge in [0.25, 0.3) is 0 Å². The van der Waals surface area contributed by atoms with Crippen LogP contribution in [0.2, 0.25) is 0 Å². The van der Waals surface area contributed by atoms with E-state index in [1.807, 2.05) is 22.8 Å². The Balaban J connectivity index is 2.25. The lowest BCUT2D eigenvalue weighted by Crippen LogP contribution is -2.06. The molecule has 0 aliphatic rings. The third-order valence-electron chi connectivity index (χ3n) is 2.11. The number of nitrogens with two attached hydrogens (primary N) is 1. The second kappa shape index (κ2) is 4.65. The summed E-state index contributed by atoms with van der Waals surface area (Å²) in [5.41, 5.74) is 6.30. The smallest absolute Gasteiger partial charge is 0.182 e. The molecule has 0 aromatic carbocycles. The molecule has 15 heavy (non-hydrogen) atoms. The first kappa shape index (κ1) is 9.79. The van der Waals surface area contributed by atoms with Crippen molar-refractivity contribution >= 4 is 0 Å². The third-order valence-corrected chi connectivity index (χ3v) is 2.11. The van der Waals surface area contributed by atoms with Gasteiger partial charge in [-0.15, -0.1) is 10.2 Å². The van der Waals surface area contributed by atoms with Crippen LogP contribution in [0.4, 0.5) is 0 Å². The van der Waals surface area contributed by atoms with Crippen LogP contribution < -0.4 is 5.73 Å². The lowest BCUT2D eigenvalue weighted by molar-refractivity contribution is 0.653. The molecule has 0 bridgehead atoms. The molecule has 0 amide bonds.